The van der Waals surface area contributed by atoms with E-state index in [-0.39, 0.29) is 0 Å². The molecule has 1 aromatic carbocycles. The highest BCUT2D eigenvalue weighted by Crippen LogP contribution is 2.23. The fourth-order valence-corrected chi connectivity index (χ4v) is 4.35. The second-order valence-electron chi connectivity index (χ2n) is 8.38. The van der Waals surface area contributed by atoms with Crippen molar-refractivity contribution in [2.24, 2.45) is 0 Å². The zero-order valence-electron chi connectivity index (χ0n) is 18.4. The third-order valence-electron chi connectivity index (χ3n) is 6.31. The molecule has 0 amide bonds. The van der Waals surface area contributed by atoms with Crippen LogP contribution in [0.5, 0.6) is 5.75 Å². The minimum atomic E-state index is 0.580. The van der Waals surface area contributed by atoms with Crippen LogP contribution in [0.15, 0.2) is 28.7 Å². The Morgan fingerprint density at radius 1 is 1.00 bits per heavy atom. The molecule has 2 aliphatic rings. The van der Waals surface area contributed by atoms with Crippen LogP contribution in [0.4, 0.5) is 0 Å². The predicted molar refractivity (Wildman–Crippen MR) is 118 cm³/mol. The fourth-order valence-electron chi connectivity index (χ4n) is 4.35. The second kappa shape index (κ2) is 10.4. The van der Waals surface area contributed by atoms with Crippen molar-refractivity contribution in [3.8, 4) is 17.2 Å². The van der Waals surface area contributed by atoms with Gasteiger partial charge in [0.1, 0.15) is 5.75 Å². The minimum Gasteiger partial charge on any atom is -0.494 e. The van der Waals surface area contributed by atoms with Crippen molar-refractivity contribution in [2.45, 2.75) is 45.7 Å². The quantitative estimate of drug-likeness (QED) is 0.586. The van der Waals surface area contributed by atoms with Gasteiger partial charge in [0.15, 0.2) is 0 Å². The molecule has 7 nitrogen and oxygen atoms in total. The van der Waals surface area contributed by atoms with Gasteiger partial charge >= 0.3 is 0 Å². The topological polar surface area (TPSA) is 57.9 Å². The maximum Gasteiger partial charge on any atom is 0.247 e. The molecule has 2 aliphatic heterocycles. The number of likely N-dealkylation sites (tertiary alicyclic amines) is 1. The molecule has 1 aromatic heterocycles. The van der Waals surface area contributed by atoms with Crippen LogP contribution in [0.1, 0.15) is 39.0 Å². The molecule has 4 rings (SSSR count). The monoisotopic (exact) mass is 413 g/mol. The molecule has 0 N–H and O–H groups in total. The largest absolute Gasteiger partial charge is 0.494 e. The summed E-state index contributed by atoms with van der Waals surface area (Å²) in [5, 5.41) is 8.55. The normalized spacial score (nSPS) is 21.3. The summed E-state index contributed by atoms with van der Waals surface area (Å²) in [6.45, 7) is 14.0. The Morgan fingerprint density at radius 3 is 2.53 bits per heavy atom. The van der Waals surface area contributed by atoms with Crippen LogP contribution in [0.2, 0.25) is 0 Å². The molecule has 30 heavy (non-hydrogen) atoms. The minimum absolute atomic E-state index is 0.580. The predicted octanol–water partition coefficient (Wildman–Crippen LogP) is 3.13. The molecule has 3 heterocycles. The lowest BCUT2D eigenvalue weighted by Crippen LogP contribution is -2.50. The molecular weight excluding hydrogens is 378 g/mol. The van der Waals surface area contributed by atoms with Crippen LogP contribution < -0.4 is 4.74 Å². The van der Waals surface area contributed by atoms with Gasteiger partial charge in [-0.2, -0.15) is 0 Å². The van der Waals surface area contributed by atoms with Gasteiger partial charge in [-0.3, -0.25) is 9.80 Å². The number of piperazine rings is 1. The van der Waals surface area contributed by atoms with E-state index in [4.69, 9.17) is 9.15 Å². The lowest BCUT2D eigenvalue weighted by Gasteiger charge is -2.37. The van der Waals surface area contributed by atoms with E-state index >= 15 is 0 Å². The SMILES string of the molecule is CCCCOc1ccc(-c2nnc(CN3CC[C@@H](N4CCN(CC)CC4)C3)o2)cc1. The Balaban J connectivity index is 1.27. The van der Waals surface area contributed by atoms with Gasteiger partial charge in [0.2, 0.25) is 11.8 Å². The first-order chi connectivity index (χ1) is 14.7. The summed E-state index contributed by atoms with van der Waals surface area (Å²) >= 11 is 0. The Labute approximate surface area is 180 Å². The molecule has 0 bridgehead atoms. The van der Waals surface area contributed by atoms with Gasteiger partial charge in [-0.05, 0) is 43.7 Å². The molecule has 0 aliphatic carbocycles. The molecule has 7 heteroatoms. The first-order valence-corrected chi connectivity index (χ1v) is 11.5. The summed E-state index contributed by atoms with van der Waals surface area (Å²) in [4.78, 5) is 7.64. The lowest BCUT2D eigenvalue weighted by molar-refractivity contribution is 0.100. The molecule has 0 radical (unpaired) electrons. The van der Waals surface area contributed by atoms with Crippen molar-refractivity contribution in [1.29, 1.82) is 0 Å². The van der Waals surface area contributed by atoms with E-state index in [9.17, 15) is 0 Å². The van der Waals surface area contributed by atoms with Gasteiger partial charge in [0.05, 0.1) is 13.2 Å². The van der Waals surface area contributed by atoms with Gasteiger partial charge < -0.3 is 14.1 Å². The fraction of sp³-hybridized carbons (Fsp3) is 0.652. The first-order valence-electron chi connectivity index (χ1n) is 11.5. The Morgan fingerprint density at radius 2 is 1.80 bits per heavy atom. The van der Waals surface area contributed by atoms with Crippen LogP contribution in [0.25, 0.3) is 11.5 Å². The number of unbranched alkanes of at least 4 members (excludes halogenated alkanes) is 1. The molecule has 164 valence electrons. The summed E-state index contributed by atoms with van der Waals surface area (Å²) in [5.74, 6) is 2.16. The van der Waals surface area contributed by atoms with Crippen LogP contribution in [-0.2, 0) is 6.54 Å². The van der Waals surface area contributed by atoms with Crippen LogP contribution in [0.3, 0.4) is 0 Å². The zero-order valence-corrected chi connectivity index (χ0v) is 18.4. The number of hydrogen-bond donors (Lipinski definition) is 0. The molecule has 0 saturated carbocycles. The molecule has 2 fully saturated rings. The van der Waals surface area contributed by atoms with Gasteiger partial charge in [-0.25, -0.2) is 0 Å². The number of rotatable bonds is 9. The highest BCUT2D eigenvalue weighted by molar-refractivity contribution is 5.53. The average molecular weight is 414 g/mol. The summed E-state index contributed by atoms with van der Waals surface area (Å²) in [6, 6.07) is 8.57. The summed E-state index contributed by atoms with van der Waals surface area (Å²) in [5.41, 5.74) is 0.935. The average Bonchev–Trinajstić information content (AvgIpc) is 3.45. The number of aromatic nitrogens is 2. The third kappa shape index (κ3) is 5.39. The Bertz CT molecular complexity index is 770. The van der Waals surface area contributed by atoms with E-state index in [0.29, 0.717) is 17.8 Å². The Hall–Kier alpha value is -1.96. The summed E-state index contributed by atoms with van der Waals surface area (Å²) in [7, 11) is 0. The van der Waals surface area contributed by atoms with Crippen molar-refractivity contribution in [3.05, 3.63) is 30.2 Å². The van der Waals surface area contributed by atoms with E-state index in [1.165, 1.54) is 39.1 Å². The van der Waals surface area contributed by atoms with Gasteiger partial charge in [-0.15, -0.1) is 10.2 Å². The molecular formula is C23H35N5O2. The van der Waals surface area contributed by atoms with Crippen molar-refractivity contribution >= 4 is 0 Å². The molecule has 2 saturated heterocycles. The zero-order chi connectivity index (χ0) is 20.8. The second-order valence-corrected chi connectivity index (χ2v) is 8.38. The summed E-state index contributed by atoms with van der Waals surface area (Å²) in [6.07, 6.45) is 3.43. The Kier molecular flexibility index (Phi) is 7.36. The van der Waals surface area contributed by atoms with Crippen molar-refractivity contribution in [1.82, 2.24) is 24.9 Å². The lowest BCUT2D eigenvalue weighted by atomic mass is 10.2. The van der Waals surface area contributed by atoms with E-state index in [0.717, 1.165) is 50.4 Å². The molecule has 2 aromatic rings. The van der Waals surface area contributed by atoms with Gasteiger partial charge in [-0.1, -0.05) is 20.3 Å². The highest BCUT2D eigenvalue weighted by atomic mass is 16.5. The number of benzene rings is 1. The molecule has 0 spiro atoms. The molecule has 1 atom stereocenters. The van der Waals surface area contributed by atoms with Crippen molar-refractivity contribution in [2.75, 3.05) is 52.4 Å². The van der Waals surface area contributed by atoms with Gasteiger partial charge in [0, 0.05) is 50.9 Å². The molecule has 0 unspecified atom stereocenters. The van der Waals surface area contributed by atoms with Crippen LogP contribution in [-0.4, -0.2) is 83.4 Å². The van der Waals surface area contributed by atoms with Crippen molar-refractivity contribution in [3.63, 3.8) is 0 Å². The smallest absolute Gasteiger partial charge is 0.247 e. The number of ether oxygens (including phenoxy) is 1. The van der Waals surface area contributed by atoms with E-state index in [1.807, 2.05) is 24.3 Å². The highest BCUT2D eigenvalue weighted by Gasteiger charge is 2.30. The van der Waals surface area contributed by atoms with Crippen LogP contribution in [0, 0.1) is 0 Å². The van der Waals surface area contributed by atoms with Crippen LogP contribution >= 0.6 is 0 Å². The van der Waals surface area contributed by atoms with E-state index in [2.05, 4.69) is 38.7 Å². The number of likely N-dealkylation sites (N-methyl/N-ethyl adjacent to an activating group) is 1. The maximum atomic E-state index is 5.95. The van der Waals surface area contributed by atoms with E-state index < -0.39 is 0 Å². The number of nitrogens with zero attached hydrogens (tertiary/aromatic N) is 5. The summed E-state index contributed by atoms with van der Waals surface area (Å²) < 4.78 is 11.7. The first kappa shape index (κ1) is 21.3. The third-order valence-corrected chi connectivity index (χ3v) is 6.31. The maximum absolute atomic E-state index is 5.95. The van der Waals surface area contributed by atoms with Gasteiger partial charge in [0.25, 0.3) is 0 Å². The van der Waals surface area contributed by atoms with E-state index in [1.54, 1.807) is 0 Å². The number of hydrogen-bond acceptors (Lipinski definition) is 7. The standard InChI is InChI=1S/C23H35N5O2/c1-3-5-16-29-21-8-6-19(7-9-21)23-25-24-22(30-23)18-27-11-10-20(17-27)28-14-12-26(4-2)13-15-28/h6-9,20H,3-5,10-18H2,1-2H3/t20-/m1/s1. The van der Waals surface area contributed by atoms with Crippen molar-refractivity contribution < 1.29 is 9.15 Å².